The van der Waals surface area contributed by atoms with E-state index in [4.69, 9.17) is 0 Å². The van der Waals surface area contributed by atoms with Gasteiger partial charge in [-0.15, -0.1) is 0 Å². The Morgan fingerprint density at radius 3 is 3.00 bits per heavy atom. The zero-order valence-electron chi connectivity index (χ0n) is 7.22. The summed E-state index contributed by atoms with van der Waals surface area (Å²) in [6.07, 6.45) is 4.33. The van der Waals surface area contributed by atoms with Crippen molar-refractivity contribution in [2.45, 2.75) is 19.9 Å². The summed E-state index contributed by atoms with van der Waals surface area (Å²) in [5.41, 5.74) is 1.43. The van der Waals surface area contributed by atoms with Crippen LogP contribution in [0.3, 0.4) is 0 Å². The second kappa shape index (κ2) is 4.19. The smallest absolute Gasteiger partial charge is 0.0791 e. The standard InChI is InChI=1S/C9H15NSi/c1-8(2)5-7-11-9-4-3-6-10-9/h3-6,10H,7,11H2,1-2H3. The van der Waals surface area contributed by atoms with Crippen LogP contribution in [-0.4, -0.2) is 14.5 Å². The van der Waals surface area contributed by atoms with E-state index in [2.05, 4.69) is 37.0 Å². The Bertz CT molecular complexity index is 220. The number of aromatic amines is 1. The first-order valence-electron chi connectivity index (χ1n) is 4.04. The van der Waals surface area contributed by atoms with E-state index in [1.807, 2.05) is 6.20 Å². The number of hydrogen-bond acceptors (Lipinski definition) is 0. The highest BCUT2D eigenvalue weighted by Crippen LogP contribution is 1.91. The quantitative estimate of drug-likeness (QED) is 0.511. The first kappa shape index (κ1) is 8.33. The van der Waals surface area contributed by atoms with E-state index in [0.717, 1.165) is 0 Å². The summed E-state index contributed by atoms with van der Waals surface area (Å²) in [6.45, 7) is 4.31. The summed E-state index contributed by atoms with van der Waals surface area (Å²) in [6, 6.07) is 5.54. The average molecular weight is 165 g/mol. The van der Waals surface area contributed by atoms with Gasteiger partial charge in [0.2, 0.25) is 0 Å². The maximum Gasteiger partial charge on any atom is 0.0791 e. The molecule has 0 fully saturated rings. The summed E-state index contributed by atoms with van der Waals surface area (Å²) in [5.74, 6) is 0. The van der Waals surface area contributed by atoms with Crippen LogP contribution in [0.4, 0.5) is 0 Å². The molecule has 1 nitrogen and oxygen atoms in total. The molecule has 0 aliphatic heterocycles. The van der Waals surface area contributed by atoms with Crippen LogP contribution in [0.1, 0.15) is 13.8 Å². The van der Waals surface area contributed by atoms with Crippen molar-refractivity contribution >= 4 is 14.8 Å². The highest BCUT2D eigenvalue weighted by atomic mass is 28.2. The summed E-state index contributed by atoms with van der Waals surface area (Å²) >= 11 is 0. The molecular weight excluding hydrogens is 150 g/mol. The van der Waals surface area contributed by atoms with Crippen LogP contribution in [0.25, 0.3) is 0 Å². The van der Waals surface area contributed by atoms with Crippen molar-refractivity contribution in [2.75, 3.05) is 0 Å². The minimum absolute atomic E-state index is 0.0439. The minimum atomic E-state index is -0.0439. The summed E-state index contributed by atoms with van der Waals surface area (Å²) < 4.78 is 0. The van der Waals surface area contributed by atoms with Crippen molar-refractivity contribution in [1.29, 1.82) is 0 Å². The van der Waals surface area contributed by atoms with Crippen molar-refractivity contribution in [2.24, 2.45) is 0 Å². The van der Waals surface area contributed by atoms with Crippen LogP contribution < -0.4 is 5.32 Å². The molecule has 60 valence electrons. The van der Waals surface area contributed by atoms with Crippen molar-refractivity contribution < 1.29 is 0 Å². The van der Waals surface area contributed by atoms with Gasteiger partial charge >= 0.3 is 0 Å². The van der Waals surface area contributed by atoms with Crippen LogP contribution in [-0.2, 0) is 0 Å². The molecule has 0 radical (unpaired) electrons. The fraction of sp³-hybridized carbons (Fsp3) is 0.333. The fourth-order valence-corrected chi connectivity index (χ4v) is 2.64. The summed E-state index contributed by atoms with van der Waals surface area (Å²) in [5, 5.41) is 1.46. The number of allylic oxidation sites excluding steroid dienone is 2. The van der Waals surface area contributed by atoms with E-state index < -0.39 is 0 Å². The molecule has 1 aromatic rings. The van der Waals surface area contributed by atoms with Crippen molar-refractivity contribution in [3.05, 3.63) is 30.0 Å². The molecule has 0 bridgehead atoms. The summed E-state index contributed by atoms with van der Waals surface area (Å²) in [4.78, 5) is 3.24. The van der Waals surface area contributed by atoms with Gasteiger partial charge < -0.3 is 4.98 Å². The molecule has 0 spiro atoms. The highest BCUT2D eigenvalue weighted by Gasteiger charge is 1.90. The second-order valence-corrected chi connectivity index (χ2v) is 4.85. The van der Waals surface area contributed by atoms with Crippen molar-refractivity contribution in [1.82, 2.24) is 4.98 Å². The van der Waals surface area contributed by atoms with E-state index in [1.165, 1.54) is 16.9 Å². The van der Waals surface area contributed by atoms with Crippen LogP contribution in [0.15, 0.2) is 30.0 Å². The Balaban J connectivity index is 2.30. The van der Waals surface area contributed by atoms with Gasteiger partial charge in [-0.25, -0.2) is 0 Å². The lowest BCUT2D eigenvalue weighted by atomic mass is 10.3. The SMILES string of the molecule is CC(C)=CC[SiH2]c1ccc[nH]1. The predicted molar refractivity (Wildman–Crippen MR) is 53.2 cm³/mol. The molecule has 0 saturated carbocycles. The van der Waals surface area contributed by atoms with Gasteiger partial charge in [0.15, 0.2) is 0 Å². The molecule has 2 heteroatoms. The van der Waals surface area contributed by atoms with Crippen LogP contribution in [0.5, 0.6) is 0 Å². The lowest BCUT2D eigenvalue weighted by Crippen LogP contribution is -2.12. The predicted octanol–water partition coefficient (Wildman–Crippen LogP) is 1.19. The second-order valence-electron chi connectivity index (χ2n) is 3.02. The zero-order chi connectivity index (χ0) is 8.10. The average Bonchev–Trinajstić information content (AvgIpc) is 2.39. The van der Waals surface area contributed by atoms with E-state index in [0.29, 0.717) is 0 Å². The molecule has 0 aliphatic rings. The minimum Gasteiger partial charge on any atom is -0.369 e. The Hall–Kier alpha value is -0.763. The van der Waals surface area contributed by atoms with Crippen molar-refractivity contribution in [3.8, 4) is 0 Å². The highest BCUT2D eigenvalue weighted by molar-refractivity contribution is 6.52. The molecular formula is C9H15NSi. The Kier molecular flexibility index (Phi) is 3.17. The first-order chi connectivity index (χ1) is 5.29. The van der Waals surface area contributed by atoms with Gasteiger partial charge in [0, 0.05) is 6.20 Å². The van der Waals surface area contributed by atoms with Crippen LogP contribution in [0, 0.1) is 0 Å². The third kappa shape index (κ3) is 3.23. The lowest BCUT2D eigenvalue weighted by Gasteiger charge is -1.91. The molecule has 1 N–H and O–H groups in total. The van der Waals surface area contributed by atoms with Gasteiger partial charge in [-0.3, -0.25) is 0 Å². The third-order valence-corrected chi connectivity index (χ3v) is 3.18. The third-order valence-electron chi connectivity index (χ3n) is 1.63. The molecule has 0 aromatic carbocycles. The number of nitrogens with one attached hydrogen (secondary N) is 1. The topological polar surface area (TPSA) is 15.8 Å². The van der Waals surface area contributed by atoms with Gasteiger partial charge in [-0.1, -0.05) is 11.6 Å². The number of hydrogen-bond donors (Lipinski definition) is 1. The monoisotopic (exact) mass is 165 g/mol. The van der Waals surface area contributed by atoms with Gasteiger partial charge in [-0.2, -0.15) is 0 Å². The fourth-order valence-electron chi connectivity index (χ4n) is 1.04. The number of H-pyrrole nitrogens is 1. The lowest BCUT2D eigenvalue weighted by molar-refractivity contribution is 1.36. The maximum absolute atomic E-state index is 3.24. The largest absolute Gasteiger partial charge is 0.369 e. The molecule has 1 aromatic heterocycles. The van der Waals surface area contributed by atoms with E-state index in [9.17, 15) is 0 Å². The van der Waals surface area contributed by atoms with E-state index >= 15 is 0 Å². The molecule has 1 rings (SSSR count). The van der Waals surface area contributed by atoms with E-state index in [1.54, 1.807) is 0 Å². The van der Waals surface area contributed by atoms with Crippen LogP contribution >= 0.6 is 0 Å². The molecule has 0 amide bonds. The molecule has 0 unspecified atom stereocenters. The Labute approximate surface area is 70.4 Å². The maximum atomic E-state index is 3.24. The van der Waals surface area contributed by atoms with Crippen molar-refractivity contribution in [3.63, 3.8) is 0 Å². The van der Waals surface area contributed by atoms with Crippen LogP contribution in [0.2, 0.25) is 6.04 Å². The van der Waals surface area contributed by atoms with Gasteiger partial charge in [-0.05, 0) is 37.3 Å². The molecule has 0 aliphatic carbocycles. The normalized spacial score (nSPS) is 10.7. The zero-order valence-corrected chi connectivity index (χ0v) is 8.64. The first-order valence-corrected chi connectivity index (χ1v) is 5.75. The summed E-state index contributed by atoms with van der Waals surface area (Å²) in [7, 11) is -0.0439. The van der Waals surface area contributed by atoms with E-state index in [-0.39, 0.29) is 9.52 Å². The molecule has 0 atom stereocenters. The molecule has 11 heavy (non-hydrogen) atoms. The number of aromatic nitrogens is 1. The molecule has 1 heterocycles. The Morgan fingerprint density at radius 2 is 2.45 bits per heavy atom. The number of rotatable bonds is 3. The van der Waals surface area contributed by atoms with Gasteiger partial charge in [0.25, 0.3) is 0 Å². The van der Waals surface area contributed by atoms with Gasteiger partial charge in [0.05, 0.1) is 9.52 Å². The Morgan fingerprint density at radius 1 is 1.64 bits per heavy atom. The molecule has 0 saturated heterocycles. The van der Waals surface area contributed by atoms with Gasteiger partial charge in [0.1, 0.15) is 0 Å².